The summed E-state index contributed by atoms with van der Waals surface area (Å²) in [6.45, 7) is 5.99. The van der Waals surface area contributed by atoms with Crippen molar-refractivity contribution < 1.29 is 9.84 Å². The Kier molecular flexibility index (Phi) is 6.70. The molecule has 1 atom stereocenters. The molecule has 0 radical (unpaired) electrons. The standard InChI is InChI=1S/C17H22ClNO2S/c1-13(2)19(11-17-4-3-9-22-17)10-15(20)12-21-16-7-5-14(18)6-8-16/h3-9,13,15,20H,10-12H2,1-2H3. The van der Waals surface area contributed by atoms with E-state index in [1.807, 2.05) is 0 Å². The Morgan fingerprint density at radius 2 is 1.95 bits per heavy atom. The summed E-state index contributed by atoms with van der Waals surface area (Å²) in [7, 11) is 0. The molecule has 0 aliphatic rings. The Bertz CT molecular complexity index is 542. The van der Waals surface area contributed by atoms with Crippen molar-refractivity contribution in [2.75, 3.05) is 13.2 Å². The largest absolute Gasteiger partial charge is 0.491 e. The summed E-state index contributed by atoms with van der Waals surface area (Å²) in [6, 6.07) is 11.7. The van der Waals surface area contributed by atoms with Crippen LogP contribution < -0.4 is 4.74 Å². The molecule has 22 heavy (non-hydrogen) atoms. The second-order valence-corrected chi connectivity index (χ2v) is 6.99. The van der Waals surface area contributed by atoms with Gasteiger partial charge in [-0.15, -0.1) is 11.3 Å². The minimum Gasteiger partial charge on any atom is -0.491 e. The molecule has 0 aliphatic carbocycles. The number of benzene rings is 1. The highest BCUT2D eigenvalue weighted by Crippen LogP contribution is 2.17. The Labute approximate surface area is 141 Å². The van der Waals surface area contributed by atoms with E-state index in [2.05, 4.69) is 36.3 Å². The van der Waals surface area contributed by atoms with Crippen LogP contribution >= 0.6 is 22.9 Å². The maximum absolute atomic E-state index is 10.2. The highest BCUT2D eigenvalue weighted by atomic mass is 35.5. The van der Waals surface area contributed by atoms with Gasteiger partial charge in [-0.2, -0.15) is 0 Å². The predicted molar refractivity (Wildman–Crippen MR) is 92.8 cm³/mol. The topological polar surface area (TPSA) is 32.7 Å². The molecule has 0 saturated carbocycles. The van der Waals surface area contributed by atoms with E-state index in [9.17, 15) is 5.11 Å². The third-order valence-corrected chi connectivity index (χ3v) is 4.48. The van der Waals surface area contributed by atoms with Crippen LogP contribution in [0.1, 0.15) is 18.7 Å². The van der Waals surface area contributed by atoms with E-state index in [0.717, 1.165) is 12.3 Å². The normalized spacial score (nSPS) is 12.8. The minimum atomic E-state index is -0.530. The fraction of sp³-hybridized carbons (Fsp3) is 0.412. The molecule has 120 valence electrons. The molecule has 1 N–H and O–H groups in total. The van der Waals surface area contributed by atoms with Crippen molar-refractivity contribution in [2.24, 2.45) is 0 Å². The molecule has 1 aromatic heterocycles. The van der Waals surface area contributed by atoms with E-state index >= 15 is 0 Å². The lowest BCUT2D eigenvalue weighted by Crippen LogP contribution is -2.39. The van der Waals surface area contributed by atoms with Crippen LogP contribution in [0.4, 0.5) is 0 Å². The average molecular weight is 340 g/mol. The van der Waals surface area contributed by atoms with E-state index in [4.69, 9.17) is 16.3 Å². The predicted octanol–water partition coefficient (Wildman–Crippen LogP) is 4.05. The highest BCUT2D eigenvalue weighted by Gasteiger charge is 2.16. The first kappa shape index (κ1) is 17.3. The van der Waals surface area contributed by atoms with Gasteiger partial charge < -0.3 is 9.84 Å². The van der Waals surface area contributed by atoms with Crippen LogP contribution in [-0.2, 0) is 6.54 Å². The molecule has 5 heteroatoms. The molecule has 1 unspecified atom stereocenters. The smallest absolute Gasteiger partial charge is 0.119 e. The highest BCUT2D eigenvalue weighted by molar-refractivity contribution is 7.09. The molecular weight excluding hydrogens is 318 g/mol. The molecular formula is C17H22ClNO2S. The quantitative estimate of drug-likeness (QED) is 0.787. The number of aliphatic hydroxyl groups is 1. The zero-order chi connectivity index (χ0) is 15.9. The van der Waals surface area contributed by atoms with Crippen molar-refractivity contribution in [1.82, 2.24) is 4.90 Å². The van der Waals surface area contributed by atoms with Gasteiger partial charge in [0.05, 0.1) is 0 Å². The van der Waals surface area contributed by atoms with Gasteiger partial charge in [-0.3, -0.25) is 4.90 Å². The Morgan fingerprint density at radius 3 is 2.55 bits per heavy atom. The molecule has 0 saturated heterocycles. The molecule has 1 aromatic carbocycles. The molecule has 0 aliphatic heterocycles. The Morgan fingerprint density at radius 1 is 1.23 bits per heavy atom. The van der Waals surface area contributed by atoms with Crippen LogP contribution in [-0.4, -0.2) is 35.3 Å². The molecule has 2 aromatic rings. The summed E-state index contributed by atoms with van der Waals surface area (Å²) in [4.78, 5) is 3.56. The number of hydrogen-bond acceptors (Lipinski definition) is 4. The van der Waals surface area contributed by atoms with E-state index in [1.54, 1.807) is 35.6 Å². The third kappa shape index (κ3) is 5.61. The number of halogens is 1. The third-order valence-electron chi connectivity index (χ3n) is 3.37. The monoisotopic (exact) mass is 339 g/mol. The summed E-state index contributed by atoms with van der Waals surface area (Å²) in [6.07, 6.45) is -0.530. The number of nitrogens with zero attached hydrogens (tertiary/aromatic N) is 1. The van der Waals surface area contributed by atoms with Crippen LogP contribution in [0, 0.1) is 0 Å². The summed E-state index contributed by atoms with van der Waals surface area (Å²) >= 11 is 7.58. The molecule has 3 nitrogen and oxygen atoms in total. The Hall–Kier alpha value is -1.07. The number of aliphatic hydroxyl groups excluding tert-OH is 1. The van der Waals surface area contributed by atoms with Gasteiger partial charge in [0, 0.05) is 29.0 Å². The summed E-state index contributed by atoms with van der Waals surface area (Å²) < 4.78 is 5.61. The van der Waals surface area contributed by atoms with Crippen LogP contribution in [0.25, 0.3) is 0 Å². The van der Waals surface area contributed by atoms with Gasteiger partial charge in [0.2, 0.25) is 0 Å². The number of hydrogen-bond donors (Lipinski definition) is 1. The Balaban J connectivity index is 1.82. The number of rotatable bonds is 8. The molecule has 2 rings (SSSR count). The molecule has 1 heterocycles. The lowest BCUT2D eigenvalue weighted by Gasteiger charge is -2.28. The fourth-order valence-corrected chi connectivity index (χ4v) is 2.96. The van der Waals surface area contributed by atoms with E-state index in [-0.39, 0.29) is 6.61 Å². The molecule has 0 bridgehead atoms. The van der Waals surface area contributed by atoms with Gasteiger partial charge in [0.15, 0.2) is 0 Å². The summed E-state index contributed by atoms with van der Waals surface area (Å²) in [5, 5.41) is 13.0. The maximum Gasteiger partial charge on any atom is 0.119 e. The zero-order valence-corrected chi connectivity index (χ0v) is 14.5. The molecule has 0 spiro atoms. The first-order chi connectivity index (χ1) is 10.5. The van der Waals surface area contributed by atoms with Crippen LogP contribution in [0.5, 0.6) is 5.75 Å². The van der Waals surface area contributed by atoms with E-state index < -0.39 is 6.10 Å². The van der Waals surface area contributed by atoms with Crippen LogP contribution in [0.15, 0.2) is 41.8 Å². The minimum absolute atomic E-state index is 0.273. The lowest BCUT2D eigenvalue weighted by atomic mass is 10.2. The van der Waals surface area contributed by atoms with Gasteiger partial charge in [0.1, 0.15) is 18.5 Å². The van der Waals surface area contributed by atoms with E-state index in [0.29, 0.717) is 17.6 Å². The summed E-state index contributed by atoms with van der Waals surface area (Å²) in [5.74, 6) is 0.720. The van der Waals surface area contributed by atoms with Gasteiger partial charge in [-0.1, -0.05) is 17.7 Å². The fourth-order valence-electron chi connectivity index (χ4n) is 2.11. The van der Waals surface area contributed by atoms with Crippen molar-refractivity contribution >= 4 is 22.9 Å². The SMILES string of the molecule is CC(C)N(Cc1cccs1)CC(O)COc1ccc(Cl)cc1. The number of thiophene rings is 1. The average Bonchev–Trinajstić information content (AvgIpc) is 2.99. The second-order valence-electron chi connectivity index (χ2n) is 5.52. The number of ether oxygens (including phenoxy) is 1. The van der Waals surface area contributed by atoms with Gasteiger partial charge >= 0.3 is 0 Å². The van der Waals surface area contributed by atoms with Crippen molar-refractivity contribution in [3.8, 4) is 5.75 Å². The van der Waals surface area contributed by atoms with E-state index in [1.165, 1.54) is 4.88 Å². The van der Waals surface area contributed by atoms with Crippen LogP contribution in [0.3, 0.4) is 0 Å². The second kappa shape index (κ2) is 8.53. The molecule has 0 amide bonds. The lowest BCUT2D eigenvalue weighted by molar-refractivity contribution is 0.0547. The van der Waals surface area contributed by atoms with Crippen LogP contribution in [0.2, 0.25) is 5.02 Å². The molecule has 0 fully saturated rings. The van der Waals surface area contributed by atoms with Crippen molar-refractivity contribution in [3.63, 3.8) is 0 Å². The zero-order valence-electron chi connectivity index (χ0n) is 12.9. The van der Waals surface area contributed by atoms with Crippen molar-refractivity contribution in [3.05, 3.63) is 51.7 Å². The first-order valence-corrected chi connectivity index (χ1v) is 8.63. The van der Waals surface area contributed by atoms with Gasteiger partial charge in [0.25, 0.3) is 0 Å². The van der Waals surface area contributed by atoms with Gasteiger partial charge in [-0.05, 0) is 49.6 Å². The summed E-state index contributed by atoms with van der Waals surface area (Å²) in [5.41, 5.74) is 0. The van der Waals surface area contributed by atoms with Crippen molar-refractivity contribution in [2.45, 2.75) is 32.5 Å². The van der Waals surface area contributed by atoms with Crippen molar-refractivity contribution in [1.29, 1.82) is 0 Å². The maximum atomic E-state index is 10.2. The van der Waals surface area contributed by atoms with Gasteiger partial charge in [-0.25, -0.2) is 0 Å². The first-order valence-electron chi connectivity index (χ1n) is 7.37.